The first-order chi connectivity index (χ1) is 13.1. The van der Waals surface area contributed by atoms with E-state index in [1.54, 1.807) is 24.3 Å². The number of H-pyrrole nitrogens is 1. The number of nitrogens with one attached hydrogen (secondary N) is 1. The molecule has 4 aromatic rings. The van der Waals surface area contributed by atoms with Crippen molar-refractivity contribution < 1.29 is 4.79 Å². The number of hydrogen-bond donors (Lipinski definition) is 1. The Morgan fingerprint density at radius 1 is 1.26 bits per heavy atom. The van der Waals surface area contributed by atoms with Gasteiger partial charge in [0.05, 0.1) is 10.4 Å². The molecule has 6 nitrogen and oxygen atoms in total. The lowest BCUT2D eigenvalue weighted by atomic mass is 10.1. The number of aromatic nitrogens is 4. The molecule has 0 radical (unpaired) electrons. The molecule has 0 atom stereocenters. The van der Waals surface area contributed by atoms with Crippen molar-refractivity contribution in [1.82, 2.24) is 25.1 Å². The second-order valence-electron chi connectivity index (χ2n) is 6.33. The van der Waals surface area contributed by atoms with Crippen LogP contribution in [0, 0.1) is 6.92 Å². The maximum atomic E-state index is 12.9. The van der Waals surface area contributed by atoms with Crippen molar-refractivity contribution in [3.63, 3.8) is 0 Å². The number of carbonyl (C=O) groups excluding carboxylic acids is 1. The van der Waals surface area contributed by atoms with Crippen LogP contribution in [-0.4, -0.2) is 44.6 Å². The Kier molecular flexibility index (Phi) is 4.45. The van der Waals surface area contributed by atoms with Crippen LogP contribution in [0.15, 0.2) is 42.7 Å². The Morgan fingerprint density at radius 3 is 2.85 bits per heavy atom. The number of para-hydroxylation sites is 1. The maximum absolute atomic E-state index is 12.9. The summed E-state index contributed by atoms with van der Waals surface area (Å²) in [5.41, 5.74) is 4.20. The summed E-state index contributed by atoms with van der Waals surface area (Å²) in [6.45, 7) is 4.60. The number of hydrogen-bond acceptors (Lipinski definition) is 5. The highest BCUT2D eigenvalue weighted by Gasteiger charge is 2.24. The van der Waals surface area contributed by atoms with Gasteiger partial charge in [-0.15, -0.1) is 11.3 Å². The molecule has 0 spiro atoms. The smallest absolute Gasteiger partial charge is 0.273 e. The number of aromatic amines is 1. The molecule has 3 aromatic heterocycles. The number of carbonyl (C=O) groups is 1. The second kappa shape index (κ2) is 6.92. The van der Waals surface area contributed by atoms with E-state index in [1.807, 2.05) is 44.2 Å². The Bertz CT molecular complexity index is 1120. The summed E-state index contributed by atoms with van der Waals surface area (Å²) in [5, 5.41) is 9.30. The van der Waals surface area contributed by atoms with Gasteiger partial charge in [0.25, 0.3) is 5.91 Å². The minimum absolute atomic E-state index is 0.102. The molecule has 0 aliphatic rings. The lowest BCUT2D eigenvalue weighted by Crippen LogP contribution is -2.26. The molecule has 0 saturated carbocycles. The molecule has 3 heterocycles. The van der Waals surface area contributed by atoms with Crippen LogP contribution in [0.3, 0.4) is 0 Å². The third-order valence-corrected chi connectivity index (χ3v) is 5.70. The van der Waals surface area contributed by atoms with Gasteiger partial charge < -0.3 is 4.90 Å². The van der Waals surface area contributed by atoms with E-state index >= 15 is 0 Å². The molecule has 0 fully saturated rings. The molecule has 0 unspecified atom stereocenters. The van der Waals surface area contributed by atoms with Crippen molar-refractivity contribution >= 4 is 28.1 Å². The summed E-state index contributed by atoms with van der Waals surface area (Å²) in [7, 11) is 1.78. The van der Waals surface area contributed by atoms with Crippen molar-refractivity contribution in [3.05, 3.63) is 54.0 Å². The van der Waals surface area contributed by atoms with Gasteiger partial charge in [0.15, 0.2) is 0 Å². The van der Waals surface area contributed by atoms with E-state index in [9.17, 15) is 4.79 Å². The fourth-order valence-electron chi connectivity index (χ4n) is 2.93. The van der Waals surface area contributed by atoms with E-state index < -0.39 is 0 Å². The molecule has 1 aromatic carbocycles. The summed E-state index contributed by atoms with van der Waals surface area (Å²) in [4.78, 5) is 24.2. The summed E-state index contributed by atoms with van der Waals surface area (Å²) in [6.07, 6.45) is 3.47. The average Bonchev–Trinajstić information content (AvgIpc) is 3.32. The van der Waals surface area contributed by atoms with Crippen LogP contribution in [-0.2, 0) is 0 Å². The fourth-order valence-corrected chi connectivity index (χ4v) is 3.98. The highest BCUT2D eigenvalue weighted by atomic mass is 32.1. The largest absolute Gasteiger partial charge is 0.341 e. The topological polar surface area (TPSA) is 74.8 Å². The molecule has 4 rings (SSSR count). The van der Waals surface area contributed by atoms with Gasteiger partial charge in [-0.1, -0.05) is 24.3 Å². The van der Waals surface area contributed by atoms with Crippen molar-refractivity contribution in [1.29, 1.82) is 0 Å². The Hall–Kier alpha value is -3.06. The average molecular weight is 377 g/mol. The van der Waals surface area contributed by atoms with Crippen molar-refractivity contribution in [2.24, 2.45) is 0 Å². The predicted octanol–water partition coefficient (Wildman–Crippen LogP) is 4.15. The van der Waals surface area contributed by atoms with Crippen molar-refractivity contribution in [2.75, 3.05) is 13.6 Å². The zero-order valence-electron chi connectivity index (χ0n) is 15.4. The lowest BCUT2D eigenvalue weighted by molar-refractivity contribution is 0.0798. The summed E-state index contributed by atoms with van der Waals surface area (Å²) >= 11 is 1.47. The standard InChI is InChI=1S/C20H19N5OS/c1-4-25(3)20(26)17-18(13-8-6-10-21-11-13)27-19(22-17)16-14-9-5-7-12(2)15(14)23-24-16/h5-11H,4H2,1-3H3,(H,23,24). The highest BCUT2D eigenvalue weighted by Crippen LogP contribution is 2.37. The molecule has 7 heteroatoms. The zero-order valence-corrected chi connectivity index (χ0v) is 16.2. The summed E-state index contributed by atoms with van der Waals surface area (Å²) < 4.78 is 0. The third kappa shape index (κ3) is 3.00. The fraction of sp³-hybridized carbons (Fsp3) is 0.200. The van der Waals surface area contributed by atoms with Crippen LogP contribution in [0.2, 0.25) is 0 Å². The van der Waals surface area contributed by atoms with Crippen molar-refractivity contribution in [3.8, 4) is 21.1 Å². The molecular formula is C20H19N5OS. The zero-order chi connectivity index (χ0) is 19.0. The van der Waals surface area contributed by atoms with Crippen LogP contribution in [0.4, 0.5) is 0 Å². The van der Waals surface area contributed by atoms with Gasteiger partial charge in [0.1, 0.15) is 16.4 Å². The normalized spacial score (nSPS) is 11.1. The molecule has 27 heavy (non-hydrogen) atoms. The van der Waals surface area contributed by atoms with Gasteiger partial charge in [-0.25, -0.2) is 4.98 Å². The van der Waals surface area contributed by atoms with Crippen molar-refractivity contribution in [2.45, 2.75) is 13.8 Å². The van der Waals surface area contributed by atoms with E-state index in [0.29, 0.717) is 12.2 Å². The molecule has 1 amide bonds. The monoisotopic (exact) mass is 377 g/mol. The SMILES string of the molecule is CCN(C)C(=O)c1nc(-c2n[nH]c3c(C)cccc23)sc1-c1cccnc1. The first-order valence-corrected chi connectivity index (χ1v) is 9.52. The molecule has 0 aliphatic heterocycles. The lowest BCUT2D eigenvalue weighted by Gasteiger charge is -2.13. The molecule has 0 aliphatic carbocycles. The van der Waals surface area contributed by atoms with E-state index in [2.05, 4.69) is 15.2 Å². The number of rotatable bonds is 4. The third-order valence-electron chi connectivity index (χ3n) is 4.58. The van der Waals surface area contributed by atoms with E-state index in [4.69, 9.17) is 4.98 Å². The van der Waals surface area contributed by atoms with E-state index in [1.165, 1.54) is 11.3 Å². The van der Waals surface area contributed by atoms with Gasteiger partial charge in [0, 0.05) is 36.9 Å². The number of pyridine rings is 1. The van der Waals surface area contributed by atoms with Gasteiger partial charge >= 0.3 is 0 Å². The number of fused-ring (bicyclic) bond motifs is 1. The highest BCUT2D eigenvalue weighted by molar-refractivity contribution is 7.18. The van der Waals surface area contributed by atoms with Crippen LogP contribution in [0.25, 0.3) is 32.0 Å². The summed E-state index contributed by atoms with van der Waals surface area (Å²) in [6, 6.07) is 9.87. The Labute approximate surface area is 160 Å². The molecular weight excluding hydrogens is 358 g/mol. The number of amides is 1. The Balaban J connectivity index is 1.91. The first kappa shape index (κ1) is 17.4. The minimum Gasteiger partial charge on any atom is -0.341 e. The molecule has 0 saturated heterocycles. The minimum atomic E-state index is -0.102. The first-order valence-electron chi connectivity index (χ1n) is 8.71. The van der Waals surface area contributed by atoms with Crippen LogP contribution < -0.4 is 0 Å². The second-order valence-corrected chi connectivity index (χ2v) is 7.33. The number of benzene rings is 1. The van der Waals surface area contributed by atoms with Crippen LogP contribution in [0.5, 0.6) is 0 Å². The van der Waals surface area contributed by atoms with Crippen LogP contribution in [0.1, 0.15) is 23.0 Å². The van der Waals surface area contributed by atoms with Crippen LogP contribution >= 0.6 is 11.3 Å². The van der Waals surface area contributed by atoms with Gasteiger partial charge in [-0.2, -0.15) is 5.10 Å². The predicted molar refractivity (Wildman–Crippen MR) is 108 cm³/mol. The van der Waals surface area contributed by atoms with Gasteiger partial charge in [-0.3, -0.25) is 14.9 Å². The number of aryl methyl sites for hydroxylation is 1. The molecule has 136 valence electrons. The number of thiazole rings is 1. The van der Waals surface area contributed by atoms with E-state index in [-0.39, 0.29) is 5.91 Å². The molecule has 1 N–H and O–H groups in total. The quantitative estimate of drug-likeness (QED) is 0.580. The Morgan fingerprint density at radius 2 is 2.11 bits per heavy atom. The number of nitrogens with zero attached hydrogens (tertiary/aromatic N) is 4. The summed E-state index contributed by atoms with van der Waals surface area (Å²) in [5.74, 6) is -0.102. The maximum Gasteiger partial charge on any atom is 0.273 e. The van der Waals surface area contributed by atoms with E-state index in [0.717, 1.165) is 37.6 Å². The van der Waals surface area contributed by atoms with Gasteiger partial charge in [0.2, 0.25) is 0 Å². The van der Waals surface area contributed by atoms with Gasteiger partial charge in [-0.05, 0) is 25.5 Å². The molecule has 0 bridgehead atoms.